The maximum atomic E-state index is 9.07. The summed E-state index contributed by atoms with van der Waals surface area (Å²) in [5, 5.41) is 12.1. The number of rotatable bonds is 2. The van der Waals surface area contributed by atoms with Crippen molar-refractivity contribution >= 4 is 11.5 Å². The van der Waals surface area contributed by atoms with Gasteiger partial charge in [-0.05, 0) is 30.3 Å². The Kier molecular flexibility index (Phi) is 2.27. The zero-order valence-corrected chi connectivity index (χ0v) is 7.38. The summed E-state index contributed by atoms with van der Waals surface area (Å²) in [5.74, 6) is 0.976. The van der Waals surface area contributed by atoms with Crippen LogP contribution in [0.25, 0.3) is 0 Å². The molecule has 1 aromatic heterocycles. The molecule has 0 radical (unpaired) electrons. The number of benzene rings is 1. The molecule has 1 aromatic carbocycles. The summed E-state index contributed by atoms with van der Waals surface area (Å²) in [7, 11) is 0. The summed E-state index contributed by atoms with van der Waals surface area (Å²) in [6.45, 7) is 0. The number of phenolic OH excluding ortho intramolecular Hbond substituents is 1. The first kappa shape index (κ1) is 8.50. The minimum absolute atomic E-state index is 0.248. The minimum Gasteiger partial charge on any atom is -0.508 e. The number of phenols is 1. The fraction of sp³-hybridized carbons (Fsp3) is 0. The van der Waals surface area contributed by atoms with Gasteiger partial charge in [-0.2, -0.15) is 0 Å². The van der Waals surface area contributed by atoms with E-state index >= 15 is 0 Å². The summed E-state index contributed by atoms with van der Waals surface area (Å²) in [4.78, 5) is 7.82. The molecule has 2 N–H and O–H groups in total. The van der Waals surface area contributed by atoms with Crippen molar-refractivity contribution < 1.29 is 5.11 Å². The van der Waals surface area contributed by atoms with Crippen LogP contribution in [-0.2, 0) is 0 Å². The van der Waals surface area contributed by atoms with Gasteiger partial charge in [0.1, 0.15) is 17.9 Å². The van der Waals surface area contributed by atoms with Gasteiger partial charge in [0.25, 0.3) is 0 Å². The van der Waals surface area contributed by atoms with E-state index in [4.69, 9.17) is 5.11 Å². The van der Waals surface area contributed by atoms with Crippen LogP contribution in [0.15, 0.2) is 42.9 Å². The van der Waals surface area contributed by atoms with Gasteiger partial charge in [0.05, 0.1) is 0 Å². The predicted molar refractivity (Wildman–Crippen MR) is 53.4 cm³/mol. The number of aromatic nitrogens is 2. The molecule has 0 aliphatic carbocycles. The highest BCUT2D eigenvalue weighted by atomic mass is 16.3. The van der Waals surface area contributed by atoms with Gasteiger partial charge in [0.15, 0.2) is 0 Å². The topological polar surface area (TPSA) is 58.0 Å². The quantitative estimate of drug-likeness (QED) is 0.705. The first-order valence-corrected chi connectivity index (χ1v) is 4.17. The van der Waals surface area contributed by atoms with Crippen LogP contribution in [0.1, 0.15) is 0 Å². The van der Waals surface area contributed by atoms with E-state index in [1.54, 1.807) is 36.5 Å². The zero-order chi connectivity index (χ0) is 9.80. The highest BCUT2D eigenvalue weighted by Crippen LogP contribution is 2.16. The third-order valence-corrected chi connectivity index (χ3v) is 1.72. The smallest absolute Gasteiger partial charge is 0.133 e. The number of nitrogens with zero attached hydrogens (tertiary/aromatic N) is 2. The fourth-order valence-corrected chi connectivity index (χ4v) is 1.06. The van der Waals surface area contributed by atoms with Gasteiger partial charge in [0, 0.05) is 11.9 Å². The predicted octanol–water partition coefficient (Wildman–Crippen LogP) is 1.93. The normalized spacial score (nSPS) is 9.71. The largest absolute Gasteiger partial charge is 0.508 e. The second-order valence-electron chi connectivity index (χ2n) is 2.77. The average molecular weight is 187 g/mol. The molecule has 0 saturated heterocycles. The molecule has 0 aliphatic heterocycles. The van der Waals surface area contributed by atoms with Crippen molar-refractivity contribution in [2.45, 2.75) is 0 Å². The van der Waals surface area contributed by atoms with Gasteiger partial charge in [-0.15, -0.1) is 0 Å². The van der Waals surface area contributed by atoms with Gasteiger partial charge >= 0.3 is 0 Å². The first-order chi connectivity index (χ1) is 6.84. The lowest BCUT2D eigenvalue weighted by Gasteiger charge is -2.03. The lowest BCUT2D eigenvalue weighted by Crippen LogP contribution is -1.92. The van der Waals surface area contributed by atoms with Crippen molar-refractivity contribution in [3.8, 4) is 5.75 Å². The van der Waals surface area contributed by atoms with E-state index in [0.29, 0.717) is 0 Å². The molecule has 14 heavy (non-hydrogen) atoms. The van der Waals surface area contributed by atoms with Crippen LogP contribution in [0.3, 0.4) is 0 Å². The van der Waals surface area contributed by atoms with Crippen LogP contribution in [0, 0.1) is 0 Å². The van der Waals surface area contributed by atoms with Crippen LogP contribution in [0.5, 0.6) is 5.75 Å². The van der Waals surface area contributed by atoms with Crippen LogP contribution in [0.2, 0.25) is 0 Å². The Morgan fingerprint density at radius 3 is 2.50 bits per heavy atom. The molecule has 0 amide bonds. The van der Waals surface area contributed by atoms with Crippen LogP contribution >= 0.6 is 0 Å². The summed E-state index contributed by atoms with van der Waals surface area (Å²) in [5.41, 5.74) is 0.876. The van der Waals surface area contributed by atoms with Gasteiger partial charge in [-0.3, -0.25) is 0 Å². The standard InChI is InChI=1S/C10H9N3O/c14-9-3-1-8(2-4-9)13-10-5-6-11-7-12-10/h1-7,14H,(H,11,12,13). The molecule has 2 aromatic rings. The molecule has 0 atom stereocenters. The van der Waals surface area contributed by atoms with Gasteiger partial charge < -0.3 is 10.4 Å². The number of aromatic hydroxyl groups is 1. The second kappa shape index (κ2) is 3.74. The van der Waals surface area contributed by atoms with E-state index in [1.807, 2.05) is 0 Å². The molecule has 0 aliphatic rings. The van der Waals surface area contributed by atoms with Gasteiger partial charge in [0.2, 0.25) is 0 Å². The Balaban J connectivity index is 2.16. The first-order valence-electron chi connectivity index (χ1n) is 4.17. The van der Waals surface area contributed by atoms with Crippen LogP contribution in [-0.4, -0.2) is 15.1 Å². The monoisotopic (exact) mass is 187 g/mol. The number of hydrogen-bond donors (Lipinski definition) is 2. The summed E-state index contributed by atoms with van der Waals surface area (Å²) >= 11 is 0. The third kappa shape index (κ3) is 1.98. The zero-order valence-electron chi connectivity index (χ0n) is 7.38. The lowest BCUT2D eigenvalue weighted by molar-refractivity contribution is 0.475. The van der Waals surface area contributed by atoms with E-state index in [-0.39, 0.29) is 5.75 Å². The van der Waals surface area contributed by atoms with Crippen molar-refractivity contribution in [2.24, 2.45) is 0 Å². The summed E-state index contributed by atoms with van der Waals surface area (Å²) < 4.78 is 0. The van der Waals surface area contributed by atoms with E-state index in [2.05, 4.69) is 15.3 Å². The maximum Gasteiger partial charge on any atom is 0.133 e. The third-order valence-electron chi connectivity index (χ3n) is 1.72. The van der Waals surface area contributed by atoms with Crippen molar-refractivity contribution in [3.05, 3.63) is 42.9 Å². The molecule has 4 heteroatoms. The molecule has 4 nitrogen and oxygen atoms in total. The molecule has 70 valence electrons. The lowest BCUT2D eigenvalue weighted by atomic mass is 10.3. The molecule has 0 spiro atoms. The van der Waals surface area contributed by atoms with Crippen molar-refractivity contribution in [2.75, 3.05) is 5.32 Å². The molecule has 2 rings (SSSR count). The van der Waals surface area contributed by atoms with Gasteiger partial charge in [-0.1, -0.05) is 0 Å². The average Bonchev–Trinajstić information content (AvgIpc) is 2.23. The molecule has 1 heterocycles. The van der Waals surface area contributed by atoms with E-state index < -0.39 is 0 Å². The van der Waals surface area contributed by atoms with Crippen LogP contribution < -0.4 is 5.32 Å². The summed E-state index contributed by atoms with van der Waals surface area (Å²) in [6, 6.07) is 8.55. The van der Waals surface area contributed by atoms with E-state index in [9.17, 15) is 0 Å². The molecule has 0 unspecified atom stereocenters. The Labute approximate surface area is 81.3 Å². The molecule has 0 saturated carbocycles. The number of anilines is 2. The molecule has 0 fully saturated rings. The Morgan fingerprint density at radius 2 is 1.86 bits per heavy atom. The number of nitrogens with one attached hydrogen (secondary N) is 1. The van der Waals surface area contributed by atoms with Crippen LogP contribution in [0.4, 0.5) is 11.5 Å². The van der Waals surface area contributed by atoms with Crippen molar-refractivity contribution in [1.82, 2.24) is 9.97 Å². The Hall–Kier alpha value is -2.10. The molecular formula is C10H9N3O. The van der Waals surface area contributed by atoms with Crippen molar-refractivity contribution in [1.29, 1.82) is 0 Å². The van der Waals surface area contributed by atoms with E-state index in [1.165, 1.54) is 6.33 Å². The van der Waals surface area contributed by atoms with E-state index in [0.717, 1.165) is 11.5 Å². The maximum absolute atomic E-state index is 9.07. The summed E-state index contributed by atoms with van der Waals surface area (Å²) in [6.07, 6.45) is 3.14. The van der Waals surface area contributed by atoms with Crippen molar-refractivity contribution in [3.63, 3.8) is 0 Å². The highest BCUT2D eigenvalue weighted by molar-refractivity contribution is 5.56. The Bertz CT molecular complexity index is 399. The van der Waals surface area contributed by atoms with Gasteiger partial charge in [-0.25, -0.2) is 9.97 Å². The highest BCUT2D eigenvalue weighted by Gasteiger charge is 1.94. The minimum atomic E-state index is 0.248. The second-order valence-corrected chi connectivity index (χ2v) is 2.77. The molecule has 0 bridgehead atoms. The fourth-order valence-electron chi connectivity index (χ4n) is 1.06. The SMILES string of the molecule is Oc1ccc(Nc2ccncn2)cc1. The Morgan fingerprint density at radius 1 is 1.07 bits per heavy atom. The number of hydrogen-bond acceptors (Lipinski definition) is 4. The molecular weight excluding hydrogens is 178 g/mol.